The van der Waals surface area contributed by atoms with Crippen molar-refractivity contribution in [2.75, 3.05) is 0 Å². The molecule has 0 saturated carbocycles. The molecule has 0 aliphatic heterocycles. The van der Waals surface area contributed by atoms with Crippen LogP contribution in [0.5, 0.6) is 0 Å². The molecule has 0 radical (unpaired) electrons. The molecule has 0 unspecified atom stereocenters. The Morgan fingerprint density at radius 2 is 1.95 bits per heavy atom. The Balaban J connectivity index is 2.34. The number of ketones is 1. The second kappa shape index (κ2) is 5.61. The third-order valence-electron chi connectivity index (χ3n) is 3.68. The molecule has 0 aliphatic rings. The predicted molar refractivity (Wildman–Crippen MR) is 78.0 cm³/mol. The number of aryl methyl sites for hydroxylation is 3. The number of aromatic nitrogens is 4. The topological polar surface area (TPSA) is 52.7 Å². The van der Waals surface area contributed by atoms with E-state index in [1.165, 1.54) is 0 Å². The van der Waals surface area contributed by atoms with Crippen LogP contribution < -0.4 is 0 Å². The molecular formula is C15H22N4O. The highest BCUT2D eigenvalue weighted by Gasteiger charge is 2.17. The van der Waals surface area contributed by atoms with Crippen LogP contribution in [0.1, 0.15) is 53.4 Å². The monoisotopic (exact) mass is 274 g/mol. The zero-order chi connectivity index (χ0) is 14.9. The molecule has 0 fully saturated rings. The van der Waals surface area contributed by atoms with Crippen LogP contribution in [0.3, 0.4) is 0 Å². The standard InChI is InChI=1S/C15H22N4O/c1-6-12-8-13(18(5)17-12)9-19-11(4)15(10(3)16-19)14(20)7-2/h8H,6-7,9H2,1-5H3. The Morgan fingerprint density at radius 1 is 1.25 bits per heavy atom. The van der Waals surface area contributed by atoms with E-state index >= 15 is 0 Å². The zero-order valence-corrected chi connectivity index (χ0v) is 12.9. The molecule has 0 N–H and O–H groups in total. The molecule has 0 saturated heterocycles. The minimum absolute atomic E-state index is 0.158. The zero-order valence-electron chi connectivity index (χ0n) is 12.9. The van der Waals surface area contributed by atoms with Gasteiger partial charge in [-0.2, -0.15) is 10.2 Å². The van der Waals surface area contributed by atoms with Gasteiger partial charge in [0.2, 0.25) is 0 Å². The van der Waals surface area contributed by atoms with E-state index in [-0.39, 0.29) is 5.78 Å². The van der Waals surface area contributed by atoms with Crippen molar-refractivity contribution in [3.8, 4) is 0 Å². The fourth-order valence-electron chi connectivity index (χ4n) is 2.48. The maximum Gasteiger partial charge on any atom is 0.166 e. The van der Waals surface area contributed by atoms with Crippen LogP contribution in [0.25, 0.3) is 0 Å². The summed E-state index contributed by atoms with van der Waals surface area (Å²) in [7, 11) is 1.94. The number of carbonyl (C=O) groups excluding carboxylic acids is 1. The van der Waals surface area contributed by atoms with Gasteiger partial charge in [-0.15, -0.1) is 0 Å². The number of rotatable bonds is 5. The lowest BCUT2D eigenvalue weighted by Gasteiger charge is -2.05. The first kappa shape index (κ1) is 14.5. The van der Waals surface area contributed by atoms with Crippen molar-refractivity contribution < 1.29 is 4.79 Å². The van der Waals surface area contributed by atoms with E-state index in [9.17, 15) is 4.79 Å². The lowest BCUT2D eigenvalue weighted by Crippen LogP contribution is -2.09. The molecular weight excluding hydrogens is 252 g/mol. The second-order valence-electron chi connectivity index (χ2n) is 5.08. The third-order valence-corrected chi connectivity index (χ3v) is 3.68. The van der Waals surface area contributed by atoms with Crippen LogP contribution >= 0.6 is 0 Å². The lowest BCUT2D eigenvalue weighted by atomic mass is 10.1. The maximum atomic E-state index is 12.0. The summed E-state index contributed by atoms with van der Waals surface area (Å²) in [4.78, 5) is 12.0. The largest absolute Gasteiger partial charge is 0.294 e. The lowest BCUT2D eigenvalue weighted by molar-refractivity contribution is 0.0987. The summed E-state index contributed by atoms with van der Waals surface area (Å²) < 4.78 is 3.78. The van der Waals surface area contributed by atoms with Gasteiger partial charge in [0, 0.05) is 19.2 Å². The number of hydrogen-bond acceptors (Lipinski definition) is 3. The Labute approximate surface area is 119 Å². The summed E-state index contributed by atoms with van der Waals surface area (Å²) >= 11 is 0. The minimum atomic E-state index is 0.158. The van der Waals surface area contributed by atoms with Gasteiger partial charge in [-0.3, -0.25) is 14.2 Å². The molecule has 0 bridgehead atoms. The van der Waals surface area contributed by atoms with Crippen LogP contribution in [-0.2, 0) is 20.0 Å². The van der Waals surface area contributed by atoms with Gasteiger partial charge >= 0.3 is 0 Å². The van der Waals surface area contributed by atoms with Gasteiger partial charge in [0.15, 0.2) is 5.78 Å². The Hall–Kier alpha value is -1.91. The summed E-state index contributed by atoms with van der Waals surface area (Å²) in [6, 6.07) is 2.10. The minimum Gasteiger partial charge on any atom is -0.294 e. The summed E-state index contributed by atoms with van der Waals surface area (Å²) in [5.74, 6) is 0.158. The second-order valence-corrected chi connectivity index (χ2v) is 5.08. The van der Waals surface area contributed by atoms with Crippen LogP contribution in [0, 0.1) is 13.8 Å². The molecule has 20 heavy (non-hydrogen) atoms. The summed E-state index contributed by atoms with van der Waals surface area (Å²) in [5.41, 5.74) is 4.70. The van der Waals surface area contributed by atoms with E-state index in [1.807, 2.05) is 37.2 Å². The van der Waals surface area contributed by atoms with Crippen molar-refractivity contribution in [1.82, 2.24) is 19.6 Å². The van der Waals surface area contributed by atoms with Gasteiger partial charge < -0.3 is 0 Å². The Bertz CT molecular complexity index is 637. The van der Waals surface area contributed by atoms with E-state index in [4.69, 9.17) is 0 Å². The SMILES string of the molecule is CCC(=O)c1c(C)nn(Cc2cc(CC)nn2C)c1C. The van der Waals surface area contributed by atoms with Crippen LogP contribution in [-0.4, -0.2) is 25.3 Å². The molecule has 2 aromatic heterocycles. The highest BCUT2D eigenvalue weighted by atomic mass is 16.1. The Morgan fingerprint density at radius 3 is 2.50 bits per heavy atom. The number of carbonyl (C=O) groups is 1. The first-order valence-electron chi connectivity index (χ1n) is 7.06. The number of hydrogen-bond donors (Lipinski definition) is 0. The van der Waals surface area contributed by atoms with E-state index in [0.29, 0.717) is 13.0 Å². The van der Waals surface area contributed by atoms with Gasteiger partial charge in [-0.1, -0.05) is 13.8 Å². The molecule has 5 nitrogen and oxygen atoms in total. The van der Waals surface area contributed by atoms with Crippen LogP contribution in [0.15, 0.2) is 6.07 Å². The maximum absolute atomic E-state index is 12.0. The van der Waals surface area contributed by atoms with E-state index in [0.717, 1.165) is 34.8 Å². The average molecular weight is 274 g/mol. The fourth-order valence-corrected chi connectivity index (χ4v) is 2.48. The molecule has 2 rings (SSSR count). The van der Waals surface area contributed by atoms with Crippen molar-refractivity contribution in [1.29, 1.82) is 0 Å². The molecule has 0 amide bonds. The van der Waals surface area contributed by atoms with Gasteiger partial charge in [0.25, 0.3) is 0 Å². The molecule has 0 spiro atoms. The average Bonchev–Trinajstić information content (AvgIpc) is 2.91. The molecule has 5 heteroatoms. The molecule has 108 valence electrons. The molecule has 0 aromatic carbocycles. The van der Waals surface area contributed by atoms with Crippen molar-refractivity contribution in [2.45, 2.75) is 47.1 Å². The normalized spacial score (nSPS) is 11.1. The van der Waals surface area contributed by atoms with Crippen LogP contribution in [0.2, 0.25) is 0 Å². The molecule has 0 atom stereocenters. The molecule has 2 aromatic rings. The first-order chi connectivity index (χ1) is 9.47. The molecule has 0 aliphatic carbocycles. The fraction of sp³-hybridized carbons (Fsp3) is 0.533. The Kier molecular flexibility index (Phi) is 4.06. The quantitative estimate of drug-likeness (QED) is 0.787. The summed E-state index contributed by atoms with van der Waals surface area (Å²) in [5, 5.41) is 8.95. The number of Topliss-reactive ketones (excluding diaryl/α,β-unsaturated/α-hetero) is 1. The van der Waals surface area contributed by atoms with Crippen molar-refractivity contribution in [3.05, 3.63) is 34.4 Å². The van der Waals surface area contributed by atoms with Crippen molar-refractivity contribution in [3.63, 3.8) is 0 Å². The van der Waals surface area contributed by atoms with E-state index in [2.05, 4.69) is 23.2 Å². The van der Waals surface area contributed by atoms with Gasteiger partial charge in [0.05, 0.1) is 29.2 Å². The van der Waals surface area contributed by atoms with E-state index < -0.39 is 0 Å². The predicted octanol–water partition coefficient (Wildman–Crippen LogP) is 2.44. The first-order valence-corrected chi connectivity index (χ1v) is 7.06. The van der Waals surface area contributed by atoms with Crippen LogP contribution in [0.4, 0.5) is 0 Å². The molecule has 2 heterocycles. The summed E-state index contributed by atoms with van der Waals surface area (Å²) in [6.07, 6.45) is 1.43. The highest BCUT2D eigenvalue weighted by molar-refractivity contribution is 5.97. The summed E-state index contributed by atoms with van der Waals surface area (Å²) in [6.45, 7) is 8.47. The van der Waals surface area contributed by atoms with Crippen molar-refractivity contribution in [2.24, 2.45) is 7.05 Å². The van der Waals surface area contributed by atoms with Gasteiger partial charge in [-0.05, 0) is 26.3 Å². The number of nitrogens with zero attached hydrogens (tertiary/aromatic N) is 4. The third kappa shape index (κ3) is 2.53. The van der Waals surface area contributed by atoms with Crippen molar-refractivity contribution >= 4 is 5.78 Å². The van der Waals surface area contributed by atoms with E-state index in [1.54, 1.807) is 0 Å². The highest BCUT2D eigenvalue weighted by Crippen LogP contribution is 2.17. The van der Waals surface area contributed by atoms with Gasteiger partial charge in [-0.25, -0.2) is 0 Å². The smallest absolute Gasteiger partial charge is 0.166 e. The van der Waals surface area contributed by atoms with Gasteiger partial charge in [0.1, 0.15) is 0 Å².